The van der Waals surface area contributed by atoms with Crippen LogP contribution in [0.15, 0.2) is 54.6 Å². The number of aromatic nitrogens is 2. The lowest BCUT2D eigenvalue weighted by Crippen LogP contribution is -2.32. The van der Waals surface area contributed by atoms with Crippen LogP contribution in [0.25, 0.3) is 11.0 Å². The Balaban J connectivity index is 0.00000225. The van der Waals surface area contributed by atoms with E-state index in [2.05, 4.69) is 12.1 Å². The number of hydrogen-bond donors (Lipinski definition) is 1. The lowest BCUT2D eigenvalue weighted by atomic mass is 9.91. The molecule has 0 aliphatic carbocycles. The number of rotatable bonds is 4. The van der Waals surface area contributed by atoms with Gasteiger partial charge in [-0.2, -0.15) is 0 Å². The first kappa shape index (κ1) is 19.2. The number of nitrogens with zero attached hydrogens (tertiary/aromatic N) is 2. The number of nitrogens with one attached hydrogen (secondary N) is 1. The highest BCUT2D eigenvalue weighted by molar-refractivity contribution is 8.93. The molecule has 5 heteroatoms. The molecule has 0 fully saturated rings. The summed E-state index contributed by atoms with van der Waals surface area (Å²) in [4.78, 5) is 12.5. The first-order valence-corrected chi connectivity index (χ1v) is 8.18. The van der Waals surface area contributed by atoms with E-state index in [1.807, 2.05) is 72.4 Å². The predicted octanol–water partition coefficient (Wildman–Crippen LogP) is 4.16. The molecule has 0 spiro atoms. The number of para-hydroxylation sites is 2. The Bertz CT molecular complexity index is 933. The fraction of sp³-hybridized carbons (Fsp3) is 0.300. The number of hydrogen-bond acceptors (Lipinski definition) is 2. The average molecular weight is 402 g/mol. The van der Waals surface area contributed by atoms with Crippen LogP contribution in [0.5, 0.6) is 0 Å². The van der Waals surface area contributed by atoms with Crippen LogP contribution in [-0.2, 0) is 17.9 Å². The molecule has 0 unspecified atom stereocenters. The van der Waals surface area contributed by atoms with Crippen molar-refractivity contribution in [2.24, 2.45) is 5.41 Å². The van der Waals surface area contributed by atoms with Crippen molar-refractivity contribution in [2.45, 2.75) is 33.9 Å². The van der Waals surface area contributed by atoms with E-state index >= 15 is 0 Å². The van der Waals surface area contributed by atoms with Gasteiger partial charge in [-0.3, -0.25) is 10.2 Å². The fourth-order valence-corrected chi connectivity index (χ4v) is 2.76. The maximum Gasteiger partial charge on any atom is 0.203 e. The minimum Gasteiger partial charge on any atom is -0.306 e. The molecule has 3 aromatic rings. The van der Waals surface area contributed by atoms with Crippen molar-refractivity contribution in [2.75, 3.05) is 0 Å². The average Bonchev–Trinajstić information content (AvgIpc) is 2.81. The third-order valence-corrected chi connectivity index (χ3v) is 4.30. The van der Waals surface area contributed by atoms with E-state index in [9.17, 15) is 4.79 Å². The van der Waals surface area contributed by atoms with Crippen molar-refractivity contribution >= 4 is 33.8 Å². The molecule has 0 aliphatic heterocycles. The molecule has 1 N–H and O–H groups in total. The smallest absolute Gasteiger partial charge is 0.203 e. The number of imidazole rings is 1. The van der Waals surface area contributed by atoms with E-state index in [1.165, 1.54) is 0 Å². The number of benzene rings is 2. The Hall–Kier alpha value is -2.14. The second-order valence-corrected chi connectivity index (χ2v) is 7.14. The van der Waals surface area contributed by atoms with E-state index in [4.69, 9.17) is 5.41 Å². The Morgan fingerprint density at radius 2 is 1.44 bits per heavy atom. The van der Waals surface area contributed by atoms with Crippen LogP contribution in [0.1, 0.15) is 26.3 Å². The summed E-state index contributed by atoms with van der Waals surface area (Å²) in [7, 11) is 0. The number of carbonyl (C=O) groups excluding carboxylic acids is 1. The highest BCUT2D eigenvalue weighted by atomic mass is 79.9. The zero-order chi connectivity index (χ0) is 17.3. The Labute approximate surface area is 158 Å². The van der Waals surface area contributed by atoms with Gasteiger partial charge in [-0.1, -0.05) is 63.2 Å². The van der Waals surface area contributed by atoms with Crippen molar-refractivity contribution < 1.29 is 4.79 Å². The molecular weight excluding hydrogens is 378 g/mol. The van der Waals surface area contributed by atoms with Gasteiger partial charge in [-0.15, -0.1) is 17.0 Å². The normalized spacial score (nSPS) is 11.3. The molecule has 3 rings (SSSR count). The fourth-order valence-electron chi connectivity index (χ4n) is 2.76. The van der Waals surface area contributed by atoms with E-state index in [0.29, 0.717) is 12.2 Å². The lowest BCUT2D eigenvalue weighted by molar-refractivity contribution is -0.126. The molecule has 25 heavy (non-hydrogen) atoms. The first-order valence-electron chi connectivity index (χ1n) is 8.18. The summed E-state index contributed by atoms with van der Waals surface area (Å²) in [5, 5.41) is 8.60. The zero-order valence-electron chi connectivity index (χ0n) is 14.8. The van der Waals surface area contributed by atoms with Gasteiger partial charge in [0.05, 0.1) is 24.1 Å². The van der Waals surface area contributed by atoms with Crippen molar-refractivity contribution in [3.8, 4) is 0 Å². The summed E-state index contributed by atoms with van der Waals surface area (Å²) in [6.45, 7) is 6.61. The molecule has 0 saturated carbocycles. The van der Waals surface area contributed by atoms with Gasteiger partial charge in [0.2, 0.25) is 5.62 Å². The van der Waals surface area contributed by atoms with Gasteiger partial charge < -0.3 is 9.13 Å². The van der Waals surface area contributed by atoms with Crippen LogP contribution in [0.2, 0.25) is 0 Å². The van der Waals surface area contributed by atoms with Crippen LogP contribution in [0, 0.1) is 10.8 Å². The van der Waals surface area contributed by atoms with Crippen LogP contribution in [0.3, 0.4) is 0 Å². The summed E-state index contributed by atoms with van der Waals surface area (Å²) < 4.78 is 3.77. The Morgan fingerprint density at radius 1 is 0.920 bits per heavy atom. The number of carbonyl (C=O) groups is 1. The van der Waals surface area contributed by atoms with E-state index in [-0.39, 0.29) is 29.3 Å². The van der Waals surface area contributed by atoms with Gasteiger partial charge in [0.15, 0.2) is 5.78 Å². The topological polar surface area (TPSA) is 50.8 Å². The van der Waals surface area contributed by atoms with E-state index in [1.54, 1.807) is 0 Å². The molecule has 132 valence electrons. The van der Waals surface area contributed by atoms with Crippen molar-refractivity contribution in [1.82, 2.24) is 9.13 Å². The summed E-state index contributed by atoms with van der Waals surface area (Å²) in [6.07, 6.45) is 0. The summed E-state index contributed by atoms with van der Waals surface area (Å²) in [5.74, 6) is 0.128. The van der Waals surface area contributed by atoms with Crippen LogP contribution < -0.4 is 5.62 Å². The summed E-state index contributed by atoms with van der Waals surface area (Å²) in [6, 6.07) is 18.0. The van der Waals surface area contributed by atoms with E-state index in [0.717, 1.165) is 16.6 Å². The minimum absolute atomic E-state index is 0. The van der Waals surface area contributed by atoms with Crippen LogP contribution >= 0.6 is 17.0 Å². The van der Waals surface area contributed by atoms with Gasteiger partial charge in [-0.25, -0.2) is 0 Å². The maximum atomic E-state index is 12.5. The molecule has 0 radical (unpaired) electrons. The highest BCUT2D eigenvalue weighted by Crippen LogP contribution is 2.19. The van der Waals surface area contributed by atoms with Crippen molar-refractivity contribution in [3.63, 3.8) is 0 Å². The standard InChI is InChI=1S/C20H23N3O.BrH/c1-20(2,3)18(24)14-23-17-12-8-7-11-16(17)22(19(23)21)13-15-9-5-4-6-10-15;/h4-12,21H,13-14H2,1-3H3;1H. The predicted molar refractivity (Wildman–Crippen MR) is 106 cm³/mol. The highest BCUT2D eigenvalue weighted by Gasteiger charge is 2.23. The Morgan fingerprint density at radius 3 is 2.00 bits per heavy atom. The first-order chi connectivity index (χ1) is 11.4. The van der Waals surface area contributed by atoms with Crippen LogP contribution in [-0.4, -0.2) is 14.9 Å². The Kier molecular flexibility index (Phi) is 5.68. The monoisotopic (exact) mass is 401 g/mol. The van der Waals surface area contributed by atoms with Gasteiger partial charge in [-0.05, 0) is 17.7 Å². The lowest BCUT2D eigenvalue weighted by Gasteiger charge is -2.17. The number of fused-ring (bicyclic) bond motifs is 1. The summed E-state index contributed by atoms with van der Waals surface area (Å²) >= 11 is 0. The van der Waals surface area contributed by atoms with Gasteiger partial charge >= 0.3 is 0 Å². The second-order valence-electron chi connectivity index (χ2n) is 7.14. The molecule has 0 atom stereocenters. The molecule has 0 bridgehead atoms. The maximum absolute atomic E-state index is 12.5. The van der Waals surface area contributed by atoms with E-state index < -0.39 is 5.41 Å². The number of Topliss-reactive ketones (excluding diaryl/α,β-unsaturated/α-hetero) is 1. The largest absolute Gasteiger partial charge is 0.306 e. The molecule has 1 aromatic heterocycles. The van der Waals surface area contributed by atoms with Gasteiger partial charge in [0.25, 0.3) is 0 Å². The molecule has 1 heterocycles. The SMILES string of the molecule is Br.CC(C)(C)C(=O)Cn1c(=N)n(Cc2ccccc2)c2ccccc21. The van der Waals surface area contributed by atoms with Crippen molar-refractivity contribution in [3.05, 3.63) is 65.8 Å². The molecule has 0 amide bonds. The van der Waals surface area contributed by atoms with Crippen LogP contribution in [0.4, 0.5) is 0 Å². The zero-order valence-corrected chi connectivity index (χ0v) is 16.5. The molecule has 2 aromatic carbocycles. The third kappa shape index (κ3) is 3.93. The van der Waals surface area contributed by atoms with Crippen molar-refractivity contribution in [1.29, 1.82) is 5.41 Å². The van der Waals surface area contributed by atoms with Gasteiger partial charge in [0.1, 0.15) is 0 Å². The molecular formula is C20H24BrN3O. The molecule has 0 saturated heterocycles. The van der Waals surface area contributed by atoms with Gasteiger partial charge in [0, 0.05) is 5.41 Å². The number of ketones is 1. The molecule has 0 aliphatic rings. The summed E-state index contributed by atoms with van der Waals surface area (Å²) in [5.41, 5.74) is 2.99. The quantitative estimate of drug-likeness (QED) is 0.700. The number of halogens is 1. The second kappa shape index (κ2) is 7.40. The third-order valence-electron chi connectivity index (χ3n) is 4.30. The minimum atomic E-state index is -0.415. The molecule has 4 nitrogen and oxygen atoms in total.